The Balaban J connectivity index is 2.38. The van der Waals surface area contributed by atoms with Crippen LogP contribution in [0.2, 0.25) is 0 Å². The van der Waals surface area contributed by atoms with Crippen molar-refractivity contribution in [2.24, 2.45) is 0 Å². The standard InChI is InChI=1S/CH2O3S/c2-1(3)4-5-1/h2-3H. The predicted octanol–water partition coefficient (Wildman–Crippen LogP) is -0.739. The zero-order valence-electron chi connectivity index (χ0n) is 2.21. The summed E-state index contributed by atoms with van der Waals surface area (Å²) >= 11 is 0.637. The molecule has 0 aromatic carbocycles. The molecule has 1 heterocycles. The molecule has 1 fully saturated rings. The van der Waals surface area contributed by atoms with Crippen LogP contribution in [0.15, 0.2) is 0 Å². The lowest BCUT2D eigenvalue weighted by Gasteiger charge is -1.77. The summed E-state index contributed by atoms with van der Waals surface area (Å²) in [5, 5.41) is 14.0. The van der Waals surface area contributed by atoms with Crippen LogP contribution in [-0.4, -0.2) is 15.5 Å². The van der Waals surface area contributed by atoms with Gasteiger partial charge >= 0.3 is 5.31 Å². The van der Waals surface area contributed by atoms with Gasteiger partial charge < -0.3 is 10.2 Å². The molecule has 0 aromatic heterocycles. The van der Waals surface area contributed by atoms with E-state index in [-0.39, 0.29) is 0 Å². The molecule has 2 N–H and O–H groups in total. The zero-order chi connectivity index (χ0) is 3.91. The topological polar surface area (TPSA) is 53.0 Å². The van der Waals surface area contributed by atoms with Crippen molar-refractivity contribution in [2.45, 2.75) is 5.31 Å². The van der Waals surface area contributed by atoms with E-state index in [0.717, 1.165) is 0 Å². The Morgan fingerprint density at radius 2 is 1.80 bits per heavy atom. The van der Waals surface area contributed by atoms with Gasteiger partial charge in [0, 0.05) is 0 Å². The first-order valence-electron chi connectivity index (χ1n) is 1.02. The van der Waals surface area contributed by atoms with E-state index in [2.05, 4.69) is 4.18 Å². The highest BCUT2D eigenvalue weighted by molar-refractivity contribution is 8.01. The lowest BCUT2D eigenvalue weighted by molar-refractivity contribution is -0.145. The number of aliphatic hydroxyl groups is 2. The second kappa shape index (κ2) is 0.652. The Bertz CT molecular complexity index is 44.9. The van der Waals surface area contributed by atoms with Gasteiger partial charge in [-0.1, -0.05) is 0 Å². The molecular formula is CH2O3S. The molecule has 30 valence electrons. The molecule has 3 nitrogen and oxygen atoms in total. The van der Waals surface area contributed by atoms with Crippen LogP contribution >= 0.6 is 12.0 Å². The van der Waals surface area contributed by atoms with Crippen LogP contribution in [0.4, 0.5) is 0 Å². The maximum atomic E-state index is 7.93. The predicted molar refractivity (Wildman–Crippen MR) is 15.8 cm³/mol. The number of hydrogen-bond donors (Lipinski definition) is 2. The summed E-state index contributed by atoms with van der Waals surface area (Å²) in [5.74, 6) is 0. The van der Waals surface area contributed by atoms with Gasteiger partial charge in [0.1, 0.15) is 0 Å². The average molecular weight is 94.1 g/mol. The largest absolute Gasteiger partial charge is 0.369 e. The molecule has 0 aliphatic carbocycles. The first-order chi connectivity index (χ1) is 2.21. The van der Waals surface area contributed by atoms with E-state index in [9.17, 15) is 0 Å². The van der Waals surface area contributed by atoms with Gasteiger partial charge in [0.25, 0.3) is 0 Å². The summed E-state index contributed by atoms with van der Waals surface area (Å²) in [6, 6.07) is 0. The summed E-state index contributed by atoms with van der Waals surface area (Å²) < 4.78 is 3.92. The Kier molecular flexibility index (Phi) is 0.446. The molecule has 0 saturated carbocycles. The van der Waals surface area contributed by atoms with Crippen LogP contribution in [-0.2, 0) is 4.18 Å². The third-order valence-electron chi connectivity index (χ3n) is 0.232. The van der Waals surface area contributed by atoms with Crippen molar-refractivity contribution in [3.05, 3.63) is 0 Å². The Labute approximate surface area is 32.8 Å². The average Bonchev–Trinajstić information content (AvgIpc) is 1.76. The molecule has 0 bridgehead atoms. The first kappa shape index (κ1) is 3.42. The van der Waals surface area contributed by atoms with Crippen LogP contribution < -0.4 is 0 Å². The van der Waals surface area contributed by atoms with E-state index in [1.165, 1.54) is 0 Å². The maximum Gasteiger partial charge on any atom is 0.369 e. The van der Waals surface area contributed by atoms with Crippen LogP contribution in [0.1, 0.15) is 0 Å². The van der Waals surface area contributed by atoms with Gasteiger partial charge in [0.2, 0.25) is 0 Å². The van der Waals surface area contributed by atoms with Gasteiger partial charge in [-0.15, -0.1) is 0 Å². The Hall–Kier alpha value is 0.230. The van der Waals surface area contributed by atoms with Gasteiger partial charge in [-0.2, -0.15) is 0 Å². The van der Waals surface area contributed by atoms with Gasteiger partial charge in [-0.3, -0.25) is 0 Å². The second-order valence-corrected chi connectivity index (χ2v) is 1.58. The quantitative estimate of drug-likeness (QED) is 0.236. The molecule has 1 aliphatic rings. The van der Waals surface area contributed by atoms with E-state index in [0.29, 0.717) is 12.0 Å². The van der Waals surface area contributed by atoms with E-state index < -0.39 is 5.31 Å². The van der Waals surface area contributed by atoms with Crippen molar-refractivity contribution in [2.75, 3.05) is 0 Å². The highest BCUT2D eigenvalue weighted by Gasteiger charge is 2.43. The molecule has 0 atom stereocenters. The normalized spacial score (nSPS) is 30.0. The van der Waals surface area contributed by atoms with E-state index in [4.69, 9.17) is 10.2 Å². The Morgan fingerprint density at radius 1 is 1.60 bits per heavy atom. The summed E-state index contributed by atoms with van der Waals surface area (Å²) in [6.07, 6.45) is 0. The summed E-state index contributed by atoms with van der Waals surface area (Å²) in [4.78, 5) is 0. The van der Waals surface area contributed by atoms with Crippen molar-refractivity contribution in [3.8, 4) is 0 Å². The molecule has 0 unspecified atom stereocenters. The Morgan fingerprint density at radius 3 is 1.80 bits per heavy atom. The number of hydrogen-bond acceptors (Lipinski definition) is 4. The third kappa shape index (κ3) is 0.769. The monoisotopic (exact) mass is 94.0 g/mol. The molecule has 0 amide bonds. The fourth-order valence-electron chi connectivity index (χ4n) is 0.0373. The molecule has 1 saturated heterocycles. The van der Waals surface area contributed by atoms with Crippen molar-refractivity contribution in [1.29, 1.82) is 0 Å². The molecule has 1 aliphatic heterocycles. The summed E-state index contributed by atoms with van der Waals surface area (Å²) in [5.41, 5.74) is 0. The number of rotatable bonds is 0. The third-order valence-corrected chi connectivity index (χ3v) is 0.697. The molecule has 0 radical (unpaired) electrons. The van der Waals surface area contributed by atoms with Crippen molar-refractivity contribution in [1.82, 2.24) is 0 Å². The first-order valence-corrected chi connectivity index (χ1v) is 1.76. The van der Waals surface area contributed by atoms with Crippen molar-refractivity contribution < 1.29 is 14.4 Å². The fourth-order valence-corrected chi connectivity index (χ4v) is 0.112. The van der Waals surface area contributed by atoms with Crippen molar-refractivity contribution >= 4 is 12.0 Å². The van der Waals surface area contributed by atoms with Crippen LogP contribution in [0.25, 0.3) is 0 Å². The smallest absolute Gasteiger partial charge is 0.332 e. The van der Waals surface area contributed by atoms with Gasteiger partial charge in [0.15, 0.2) is 0 Å². The minimum absolute atomic E-state index is 0.637. The maximum absolute atomic E-state index is 7.93. The lowest BCUT2D eigenvalue weighted by Crippen LogP contribution is -2.00. The molecular weight excluding hydrogens is 92.1 g/mol. The highest BCUT2D eigenvalue weighted by atomic mass is 32.2. The molecule has 5 heavy (non-hydrogen) atoms. The molecule has 4 heteroatoms. The van der Waals surface area contributed by atoms with Crippen molar-refractivity contribution in [3.63, 3.8) is 0 Å². The van der Waals surface area contributed by atoms with Gasteiger partial charge in [0.05, 0.1) is 12.0 Å². The van der Waals surface area contributed by atoms with Crippen LogP contribution in [0.3, 0.4) is 0 Å². The van der Waals surface area contributed by atoms with E-state index in [1.54, 1.807) is 0 Å². The summed E-state index contributed by atoms with van der Waals surface area (Å²) in [6.45, 7) is 0. The van der Waals surface area contributed by atoms with E-state index in [1.807, 2.05) is 0 Å². The molecule has 0 aromatic rings. The van der Waals surface area contributed by atoms with Crippen LogP contribution in [0, 0.1) is 0 Å². The zero-order valence-corrected chi connectivity index (χ0v) is 3.03. The SMILES string of the molecule is OC1(O)OS1. The minimum Gasteiger partial charge on any atom is -0.332 e. The van der Waals surface area contributed by atoms with Crippen LogP contribution in [0.5, 0.6) is 0 Å². The lowest BCUT2D eigenvalue weighted by atomic mass is 11.3. The minimum atomic E-state index is -1.83. The molecule has 0 spiro atoms. The van der Waals surface area contributed by atoms with Gasteiger partial charge in [-0.25, -0.2) is 4.18 Å². The molecule has 1 rings (SSSR count). The summed E-state index contributed by atoms with van der Waals surface area (Å²) in [7, 11) is 0. The highest BCUT2D eigenvalue weighted by Crippen LogP contribution is 2.40. The second-order valence-electron chi connectivity index (χ2n) is 0.715. The fraction of sp³-hybridized carbons (Fsp3) is 1.00. The van der Waals surface area contributed by atoms with E-state index >= 15 is 0 Å². The van der Waals surface area contributed by atoms with Gasteiger partial charge in [-0.05, 0) is 0 Å².